The number of aromatic nitrogens is 1. The number of nitrogens with zero attached hydrogens (tertiary/aromatic N) is 3. The van der Waals surface area contributed by atoms with Crippen LogP contribution in [0.2, 0.25) is 0 Å². The first kappa shape index (κ1) is 28.1. The van der Waals surface area contributed by atoms with E-state index in [0.717, 1.165) is 37.9 Å². The summed E-state index contributed by atoms with van der Waals surface area (Å²) in [6, 6.07) is 1.50. The topological polar surface area (TPSA) is 130 Å². The smallest absolute Gasteiger partial charge is 0.328 e. The number of amides is 2. The average Bonchev–Trinajstić information content (AvgIpc) is 3.39. The van der Waals surface area contributed by atoms with E-state index in [1.54, 1.807) is 12.3 Å². The number of hydrogen-bond acceptors (Lipinski definition) is 8. The molecule has 3 aliphatic heterocycles. The Kier molecular flexibility index (Phi) is 8.81. The lowest BCUT2D eigenvalue weighted by Crippen LogP contribution is -2.52. The Balaban J connectivity index is 1.31. The maximum Gasteiger partial charge on any atom is 0.328 e. The van der Waals surface area contributed by atoms with Gasteiger partial charge in [-0.2, -0.15) is 0 Å². The summed E-state index contributed by atoms with van der Waals surface area (Å²) in [5, 5.41) is 8.92. The second-order valence-electron chi connectivity index (χ2n) is 10.1. The summed E-state index contributed by atoms with van der Waals surface area (Å²) >= 11 is 0. The van der Waals surface area contributed by atoms with Crippen molar-refractivity contribution in [3.05, 3.63) is 23.5 Å². The number of likely N-dealkylation sites (tertiary alicyclic amines) is 1. The molecular formula is C26H34N4O7S. The third kappa shape index (κ3) is 6.40. The monoisotopic (exact) mass is 546 g/mol. The van der Waals surface area contributed by atoms with Crippen LogP contribution in [-0.2, 0) is 30.8 Å². The van der Waals surface area contributed by atoms with Crippen molar-refractivity contribution >= 4 is 21.8 Å². The van der Waals surface area contributed by atoms with Crippen molar-refractivity contribution in [1.29, 1.82) is 0 Å². The van der Waals surface area contributed by atoms with Crippen LogP contribution in [0.25, 0.3) is 0 Å². The summed E-state index contributed by atoms with van der Waals surface area (Å²) < 4.78 is 30.3. The van der Waals surface area contributed by atoms with E-state index in [4.69, 9.17) is 14.7 Å². The van der Waals surface area contributed by atoms with Gasteiger partial charge in [-0.25, -0.2) is 23.5 Å². The van der Waals surface area contributed by atoms with E-state index in [2.05, 4.69) is 34.1 Å². The minimum Gasteiger partial charge on any atom is -0.395 e. The molecule has 11 nitrogen and oxygen atoms in total. The van der Waals surface area contributed by atoms with E-state index in [-0.39, 0.29) is 38.1 Å². The van der Waals surface area contributed by atoms with Gasteiger partial charge in [-0.1, -0.05) is 11.8 Å². The molecule has 0 aromatic carbocycles. The first-order valence-corrected chi connectivity index (χ1v) is 14.6. The van der Waals surface area contributed by atoms with Crippen molar-refractivity contribution in [2.75, 3.05) is 45.6 Å². The van der Waals surface area contributed by atoms with Crippen LogP contribution in [0.15, 0.2) is 12.3 Å². The predicted molar refractivity (Wildman–Crippen MR) is 138 cm³/mol. The summed E-state index contributed by atoms with van der Waals surface area (Å²) in [5.74, 6) is 11.2. The highest BCUT2D eigenvalue weighted by Crippen LogP contribution is 2.26. The Labute approximate surface area is 223 Å². The SMILES string of the molecule is C[C@@](CCN1Cc2cc(C#CC#CC3CN(CCO)C3)cn2C1=O)(C(=O)NOC1CCCCO1)S(C)(=O)=O. The van der Waals surface area contributed by atoms with Gasteiger partial charge in [-0.3, -0.25) is 14.3 Å². The average molecular weight is 547 g/mol. The zero-order valence-electron chi connectivity index (χ0n) is 21.7. The Morgan fingerprint density at radius 1 is 1.29 bits per heavy atom. The normalized spacial score (nSPS) is 21.4. The molecule has 0 saturated carbocycles. The predicted octanol–water partition coefficient (Wildman–Crippen LogP) is 0.319. The van der Waals surface area contributed by atoms with Crippen molar-refractivity contribution < 1.29 is 32.7 Å². The molecule has 1 aromatic rings. The van der Waals surface area contributed by atoms with Crippen molar-refractivity contribution in [1.82, 2.24) is 19.8 Å². The van der Waals surface area contributed by atoms with E-state index >= 15 is 0 Å². The summed E-state index contributed by atoms with van der Waals surface area (Å²) in [7, 11) is -3.83. The number of aliphatic hydroxyl groups is 1. The van der Waals surface area contributed by atoms with Crippen LogP contribution in [0.3, 0.4) is 0 Å². The lowest BCUT2D eigenvalue weighted by atomic mass is 10.0. The first-order chi connectivity index (χ1) is 18.1. The molecular weight excluding hydrogens is 512 g/mol. The minimum atomic E-state index is -3.83. The first-order valence-electron chi connectivity index (χ1n) is 12.7. The Hall–Kier alpha value is -2.87. The quantitative estimate of drug-likeness (QED) is 0.335. The van der Waals surface area contributed by atoms with Crippen LogP contribution in [-0.4, -0.2) is 96.5 Å². The van der Waals surface area contributed by atoms with Gasteiger partial charge in [0, 0.05) is 68.8 Å². The van der Waals surface area contributed by atoms with Crippen LogP contribution in [0.4, 0.5) is 4.79 Å². The van der Waals surface area contributed by atoms with Crippen LogP contribution in [0.1, 0.15) is 43.9 Å². The van der Waals surface area contributed by atoms with Crippen molar-refractivity contribution in [3.8, 4) is 23.7 Å². The number of ether oxygens (including phenoxy) is 1. The molecule has 38 heavy (non-hydrogen) atoms. The highest BCUT2D eigenvalue weighted by Gasteiger charge is 2.45. The number of carbonyl (C=O) groups is 2. The van der Waals surface area contributed by atoms with Gasteiger partial charge in [0.05, 0.1) is 13.2 Å². The van der Waals surface area contributed by atoms with Crippen LogP contribution >= 0.6 is 0 Å². The summed E-state index contributed by atoms with van der Waals surface area (Å²) in [4.78, 5) is 34.7. The van der Waals surface area contributed by atoms with Crippen molar-refractivity contribution in [2.45, 2.75) is 50.2 Å². The van der Waals surface area contributed by atoms with Crippen LogP contribution < -0.4 is 5.48 Å². The van der Waals surface area contributed by atoms with E-state index < -0.39 is 26.8 Å². The molecule has 12 heteroatoms. The van der Waals surface area contributed by atoms with Crippen molar-refractivity contribution in [2.24, 2.45) is 5.92 Å². The second kappa shape index (κ2) is 11.9. The molecule has 2 N–H and O–H groups in total. The van der Waals surface area contributed by atoms with Crippen LogP contribution in [0, 0.1) is 29.6 Å². The van der Waals surface area contributed by atoms with E-state index in [1.807, 2.05) is 0 Å². The fourth-order valence-corrected chi connectivity index (χ4v) is 5.38. The van der Waals surface area contributed by atoms with E-state index in [9.17, 15) is 18.0 Å². The highest BCUT2D eigenvalue weighted by atomic mass is 32.2. The Morgan fingerprint density at radius 3 is 2.74 bits per heavy atom. The minimum absolute atomic E-state index is 0.0681. The maximum atomic E-state index is 12.9. The molecule has 0 radical (unpaired) electrons. The Morgan fingerprint density at radius 2 is 2.08 bits per heavy atom. The number of hydroxylamine groups is 1. The summed E-state index contributed by atoms with van der Waals surface area (Å²) in [6.45, 7) is 4.69. The third-order valence-corrected chi connectivity index (χ3v) is 9.25. The molecule has 0 bridgehead atoms. The molecule has 2 atom stereocenters. The standard InChI is InChI=1S/C26H34N4O7S/c1-26(38(2,34)35,24(32)27-37-23-9-5-6-14-36-23)10-11-29-19-22-15-20(18-30(22)25(29)33)7-3-4-8-21-16-28(17-21)12-13-31/h15,18,21,23,31H,5-6,9-14,16-17,19H2,1-2H3,(H,27,32)/t23?,26-/m1/s1. The molecule has 0 aliphatic carbocycles. The van der Waals surface area contributed by atoms with Crippen LogP contribution in [0.5, 0.6) is 0 Å². The molecule has 0 spiro atoms. The fraction of sp³-hybridized carbons (Fsp3) is 0.615. The van der Waals surface area contributed by atoms with Gasteiger partial charge in [0.1, 0.15) is 0 Å². The van der Waals surface area contributed by atoms with Gasteiger partial charge in [0.2, 0.25) is 0 Å². The molecule has 206 valence electrons. The number of aliphatic hydroxyl groups excluding tert-OH is 1. The molecule has 1 aromatic heterocycles. The number of rotatable bonds is 9. The number of fused-ring (bicyclic) bond motifs is 1. The lowest BCUT2D eigenvalue weighted by Gasteiger charge is -2.35. The lowest BCUT2D eigenvalue weighted by molar-refractivity contribution is -0.201. The highest BCUT2D eigenvalue weighted by molar-refractivity contribution is 7.92. The van der Waals surface area contributed by atoms with Gasteiger partial charge >= 0.3 is 6.03 Å². The van der Waals surface area contributed by atoms with E-state index in [1.165, 1.54) is 16.4 Å². The fourth-order valence-electron chi connectivity index (χ4n) is 4.54. The zero-order valence-corrected chi connectivity index (χ0v) is 22.6. The number of hydrogen-bond donors (Lipinski definition) is 2. The number of nitrogens with one attached hydrogen (secondary N) is 1. The molecule has 1 unspecified atom stereocenters. The largest absolute Gasteiger partial charge is 0.395 e. The Bertz CT molecular complexity index is 1270. The molecule has 4 rings (SSSR count). The van der Waals surface area contributed by atoms with Gasteiger partial charge in [-0.05, 0) is 44.1 Å². The van der Waals surface area contributed by atoms with Gasteiger partial charge in [0.15, 0.2) is 20.9 Å². The number of β-amino-alcohol motifs (C(OH)–C–C–N with tert-alkyl or cyclic N) is 1. The molecule has 3 aliphatic rings. The molecule has 2 fully saturated rings. The second-order valence-corrected chi connectivity index (χ2v) is 12.5. The number of carbonyl (C=O) groups excluding carboxylic acids is 2. The summed E-state index contributed by atoms with van der Waals surface area (Å²) in [5.41, 5.74) is 3.66. The zero-order chi connectivity index (χ0) is 27.3. The number of sulfone groups is 1. The van der Waals surface area contributed by atoms with Gasteiger partial charge in [0.25, 0.3) is 5.91 Å². The molecule has 2 saturated heterocycles. The third-order valence-electron chi connectivity index (χ3n) is 7.23. The van der Waals surface area contributed by atoms with Gasteiger partial charge < -0.3 is 14.7 Å². The summed E-state index contributed by atoms with van der Waals surface area (Å²) in [6.07, 6.45) is 4.36. The maximum absolute atomic E-state index is 12.9. The molecule has 2 amide bonds. The van der Waals surface area contributed by atoms with Crippen molar-refractivity contribution in [3.63, 3.8) is 0 Å². The van der Waals surface area contributed by atoms with E-state index in [0.29, 0.717) is 25.1 Å². The van der Waals surface area contributed by atoms with Gasteiger partial charge in [-0.15, -0.1) is 0 Å². The molecule has 4 heterocycles.